The number of hydrogen-bond acceptors (Lipinski definition) is 4. The predicted octanol–water partition coefficient (Wildman–Crippen LogP) is 3.27. The topological polar surface area (TPSA) is 43.9 Å². The molecule has 2 aromatic carbocycles. The Kier molecular flexibility index (Phi) is 7.30. The van der Waals surface area contributed by atoms with Gasteiger partial charge in [-0.15, -0.1) is 11.8 Å². The molecule has 0 aromatic heterocycles. The van der Waals surface area contributed by atoms with Crippen LogP contribution >= 0.6 is 11.8 Å². The third-order valence-corrected chi connectivity index (χ3v) is 7.54. The lowest BCUT2D eigenvalue weighted by Crippen LogP contribution is -2.53. The molecule has 4 rings (SSSR count). The lowest BCUT2D eigenvalue weighted by Gasteiger charge is -2.36. The monoisotopic (exact) mass is 437 g/mol. The lowest BCUT2D eigenvalue weighted by molar-refractivity contribution is -0.143. The predicted molar refractivity (Wildman–Crippen MR) is 126 cm³/mol. The molecule has 0 saturated carbocycles. The van der Waals surface area contributed by atoms with Crippen molar-refractivity contribution < 1.29 is 9.59 Å². The molecule has 2 aliphatic heterocycles. The van der Waals surface area contributed by atoms with E-state index in [9.17, 15) is 9.59 Å². The van der Waals surface area contributed by atoms with Gasteiger partial charge in [-0.2, -0.15) is 0 Å². The number of piperazine rings is 1. The van der Waals surface area contributed by atoms with Crippen LogP contribution in [-0.4, -0.2) is 78.1 Å². The molecule has 0 aliphatic carbocycles. The van der Waals surface area contributed by atoms with Crippen molar-refractivity contribution in [3.63, 3.8) is 0 Å². The number of hydrogen-bond donors (Lipinski definition) is 0. The summed E-state index contributed by atoms with van der Waals surface area (Å²) >= 11 is 1.65. The maximum absolute atomic E-state index is 13.2. The van der Waals surface area contributed by atoms with Crippen molar-refractivity contribution >= 4 is 23.6 Å². The molecule has 164 valence electrons. The number of likely N-dealkylation sites (N-methyl/N-ethyl adjacent to an activating group) is 1. The van der Waals surface area contributed by atoms with Gasteiger partial charge < -0.3 is 14.7 Å². The number of carbonyl (C=O) groups is 2. The van der Waals surface area contributed by atoms with Gasteiger partial charge in [0, 0.05) is 32.7 Å². The van der Waals surface area contributed by atoms with Crippen LogP contribution in [0.15, 0.2) is 60.7 Å². The maximum atomic E-state index is 13.2. The number of nitrogens with zero attached hydrogens (tertiary/aromatic N) is 3. The summed E-state index contributed by atoms with van der Waals surface area (Å²) in [4.78, 5) is 32.3. The normalized spacial score (nSPS) is 19.7. The molecular formula is C25H31N3O2S. The van der Waals surface area contributed by atoms with Gasteiger partial charge in [-0.1, -0.05) is 60.7 Å². The number of benzene rings is 2. The van der Waals surface area contributed by atoms with Crippen molar-refractivity contribution in [2.75, 3.05) is 45.5 Å². The van der Waals surface area contributed by atoms with E-state index in [1.807, 2.05) is 46.2 Å². The van der Waals surface area contributed by atoms with E-state index in [4.69, 9.17) is 0 Å². The largest absolute Gasteiger partial charge is 0.338 e. The van der Waals surface area contributed by atoms with E-state index in [1.54, 1.807) is 11.8 Å². The van der Waals surface area contributed by atoms with Crippen LogP contribution in [0.5, 0.6) is 0 Å². The van der Waals surface area contributed by atoms with Gasteiger partial charge >= 0.3 is 0 Å². The third kappa shape index (κ3) is 5.31. The molecular weight excluding hydrogens is 406 g/mol. The maximum Gasteiger partial charge on any atom is 0.245 e. The fraction of sp³-hybridized carbons (Fsp3) is 0.440. The van der Waals surface area contributed by atoms with Crippen molar-refractivity contribution in [2.24, 2.45) is 0 Å². The van der Waals surface area contributed by atoms with Gasteiger partial charge in [0.15, 0.2) is 0 Å². The Morgan fingerprint density at radius 2 is 1.48 bits per heavy atom. The zero-order valence-corrected chi connectivity index (χ0v) is 19.0. The second-order valence-corrected chi connectivity index (χ2v) is 9.48. The molecule has 2 heterocycles. The van der Waals surface area contributed by atoms with Crippen LogP contribution in [0, 0.1) is 0 Å². The summed E-state index contributed by atoms with van der Waals surface area (Å²) in [6, 6.07) is 20.4. The highest BCUT2D eigenvalue weighted by Crippen LogP contribution is 2.36. The lowest BCUT2D eigenvalue weighted by atomic mass is 10.0. The number of amides is 2. The molecule has 1 unspecified atom stereocenters. The number of rotatable bonds is 6. The molecule has 2 saturated heterocycles. The van der Waals surface area contributed by atoms with Gasteiger partial charge in [-0.25, -0.2) is 0 Å². The summed E-state index contributed by atoms with van der Waals surface area (Å²) in [5, 5.41) is 0.0979. The van der Waals surface area contributed by atoms with E-state index in [0.717, 1.165) is 39.0 Å². The van der Waals surface area contributed by atoms with E-state index < -0.39 is 0 Å². The number of carbonyl (C=O) groups excluding carboxylic acids is 2. The first-order valence-electron chi connectivity index (χ1n) is 11.1. The summed E-state index contributed by atoms with van der Waals surface area (Å²) < 4.78 is 0. The van der Waals surface area contributed by atoms with Crippen LogP contribution in [0.1, 0.15) is 29.2 Å². The molecule has 0 N–H and O–H groups in total. The average Bonchev–Trinajstić information content (AvgIpc) is 3.31. The van der Waals surface area contributed by atoms with E-state index in [1.165, 1.54) is 11.1 Å². The van der Waals surface area contributed by atoms with Crippen LogP contribution in [-0.2, 0) is 9.59 Å². The highest BCUT2D eigenvalue weighted by Gasteiger charge is 2.37. The first-order valence-corrected chi connectivity index (χ1v) is 12.2. The van der Waals surface area contributed by atoms with Gasteiger partial charge in [0.1, 0.15) is 6.04 Å². The quantitative estimate of drug-likeness (QED) is 0.696. The van der Waals surface area contributed by atoms with Gasteiger partial charge in [-0.3, -0.25) is 9.59 Å². The van der Waals surface area contributed by atoms with E-state index in [0.29, 0.717) is 12.3 Å². The smallest absolute Gasteiger partial charge is 0.245 e. The summed E-state index contributed by atoms with van der Waals surface area (Å²) in [5.41, 5.74) is 2.39. The van der Waals surface area contributed by atoms with Crippen molar-refractivity contribution in [1.82, 2.24) is 14.7 Å². The molecule has 2 fully saturated rings. The Labute approximate surface area is 189 Å². The average molecular weight is 438 g/mol. The Hall–Kier alpha value is -2.31. The molecule has 2 aromatic rings. The molecule has 2 aliphatic rings. The first kappa shape index (κ1) is 21.9. The molecule has 1 atom stereocenters. The Bertz CT molecular complexity index is 829. The SMILES string of the molecule is CN1CCN(C(=O)C2CCCN2C(=O)CSC(c2ccccc2)c2ccccc2)CC1. The van der Waals surface area contributed by atoms with E-state index >= 15 is 0 Å². The van der Waals surface area contributed by atoms with Crippen LogP contribution in [0.4, 0.5) is 0 Å². The van der Waals surface area contributed by atoms with Crippen molar-refractivity contribution in [3.05, 3.63) is 71.8 Å². The zero-order valence-electron chi connectivity index (χ0n) is 18.2. The van der Waals surface area contributed by atoms with Crippen LogP contribution in [0.2, 0.25) is 0 Å². The highest BCUT2D eigenvalue weighted by atomic mass is 32.2. The minimum atomic E-state index is -0.289. The Morgan fingerprint density at radius 3 is 2.06 bits per heavy atom. The molecule has 0 bridgehead atoms. The van der Waals surface area contributed by atoms with Crippen LogP contribution in [0.25, 0.3) is 0 Å². The van der Waals surface area contributed by atoms with Gasteiger partial charge in [0.2, 0.25) is 11.8 Å². The van der Waals surface area contributed by atoms with Crippen LogP contribution < -0.4 is 0 Å². The van der Waals surface area contributed by atoms with Crippen LogP contribution in [0.3, 0.4) is 0 Å². The minimum absolute atomic E-state index is 0.0758. The second kappa shape index (κ2) is 10.3. The van der Waals surface area contributed by atoms with E-state index in [-0.39, 0.29) is 23.1 Å². The number of likely N-dealkylation sites (tertiary alicyclic amines) is 1. The summed E-state index contributed by atoms with van der Waals surface area (Å²) in [5.74, 6) is 0.583. The second-order valence-electron chi connectivity index (χ2n) is 8.39. The number of thioether (sulfide) groups is 1. The molecule has 2 amide bonds. The van der Waals surface area contributed by atoms with Crippen molar-refractivity contribution in [2.45, 2.75) is 24.1 Å². The van der Waals surface area contributed by atoms with Gasteiger partial charge in [0.25, 0.3) is 0 Å². The fourth-order valence-corrected chi connectivity index (χ4v) is 5.61. The van der Waals surface area contributed by atoms with Crippen molar-refractivity contribution in [3.8, 4) is 0 Å². The Balaban J connectivity index is 1.42. The third-order valence-electron chi connectivity index (χ3n) is 6.25. The molecule has 5 nitrogen and oxygen atoms in total. The fourth-order valence-electron chi connectivity index (χ4n) is 4.44. The molecule has 31 heavy (non-hydrogen) atoms. The summed E-state index contributed by atoms with van der Waals surface area (Å²) in [7, 11) is 2.08. The van der Waals surface area contributed by atoms with Gasteiger partial charge in [-0.05, 0) is 31.0 Å². The molecule has 0 spiro atoms. The standard InChI is InChI=1S/C25H31N3O2S/c1-26-15-17-27(18-16-26)25(30)22-13-8-14-28(22)23(29)19-31-24(20-9-4-2-5-10-20)21-11-6-3-7-12-21/h2-7,9-12,22,24H,8,13-19H2,1H3. The summed E-state index contributed by atoms with van der Waals surface area (Å²) in [6.07, 6.45) is 1.68. The Morgan fingerprint density at radius 1 is 0.903 bits per heavy atom. The first-order chi connectivity index (χ1) is 15.1. The van der Waals surface area contributed by atoms with Gasteiger partial charge in [0.05, 0.1) is 11.0 Å². The van der Waals surface area contributed by atoms with E-state index in [2.05, 4.69) is 36.2 Å². The van der Waals surface area contributed by atoms with Crippen molar-refractivity contribution in [1.29, 1.82) is 0 Å². The highest BCUT2D eigenvalue weighted by molar-refractivity contribution is 8.00. The molecule has 6 heteroatoms. The zero-order chi connectivity index (χ0) is 21.6. The summed E-state index contributed by atoms with van der Waals surface area (Å²) in [6.45, 7) is 4.00. The molecule has 0 radical (unpaired) electrons. The minimum Gasteiger partial charge on any atom is -0.338 e.